The van der Waals surface area contributed by atoms with Crippen molar-refractivity contribution < 1.29 is 9.53 Å². The molecule has 0 aromatic heterocycles. The van der Waals surface area contributed by atoms with Crippen molar-refractivity contribution in [3.63, 3.8) is 0 Å². The van der Waals surface area contributed by atoms with Gasteiger partial charge < -0.3 is 4.74 Å². The Labute approximate surface area is 212 Å². The lowest BCUT2D eigenvalue weighted by Gasteiger charge is -2.30. The van der Waals surface area contributed by atoms with Gasteiger partial charge in [-0.25, -0.2) is 4.79 Å². The number of carbonyl (C=O) groups is 1. The van der Waals surface area contributed by atoms with Gasteiger partial charge in [0, 0.05) is 0 Å². The minimum atomic E-state index is -0.405. The highest BCUT2D eigenvalue weighted by molar-refractivity contribution is 5.91. The van der Waals surface area contributed by atoms with Gasteiger partial charge in [0.1, 0.15) is 11.8 Å². The number of unbranched alkanes of at least 4 members (excludes halogenated alkanes) is 4. The van der Waals surface area contributed by atoms with E-state index in [1.807, 2.05) is 24.3 Å². The minimum Gasteiger partial charge on any atom is -0.422 e. The highest BCUT2D eigenvalue weighted by Gasteiger charge is 2.23. The van der Waals surface area contributed by atoms with Crippen LogP contribution >= 0.6 is 0 Å². The first-order valence-electron chi connectivity index (χ1n) is 13.9. The van der Waals surface area contributed by atoms with E-state index in [0.717, 1.165) is 30.2 Å². The lowest BCUT2D eigenvalue weighted by molar-refractivity contribution is 0.0734. The quantitative estimate of drug-likeness (QED) is 0.175. The van der Waals surface area contributed by atoms with Gasteiger partial charge in [-0.05, 0) is 98.1 Å². The Balaban J connectivity index is 1.53. The van der Waals surface area contributed by atoms with E-state index in [1.54, 1.807) is 6.07 Å². The van der Waals surface area contributed by atoms with Gasteiger partial charge in [-0.3, -0.25) is 0 Å². The van der Waals surface area contributed by atoms with Crippen molar-refractivity contribution in [1.82, 2.24) is 0 Å². The van der Waals surface area contributed by atoms with Gasteiger partial charge >= 0.3 is 5.97 Å². The maximum absolute atomic E-state index is 12.8. The summed E-state index contributed by atoms with van der Waals surface area (Å²) >= 11 is 0. The number of nitrogens with zero attached hydrogens (tertiary/aromatic N) is 1. The number of hydrogen-bond acceptors (Lipinski definition) is 3. The van der Waals surface area contributed by atoms with E-state index >= 15 is 0 Å². The second-order valence-corrected chi connectivity index (χ2v) is 10.6. The third kappa shape index (κ3) is 8.24. The summed E-state index contributed by atoms with van der Waals surface area (Å²) in [5.41, 5.74) is 3.41. The van der Waals surface area contributed by atoms with Crippen molar-refractivity contribution in [1.29, 1.82) is 5.26 Å². The normalized spacial score (nSPS) is 18.6. The number of aryl methyl sites for hydroxylation is 1. The van der Waals surface area contributed by atoms with Crippen molar-refractivity contribution in [2.45, 2.75) is 104 Å². The standard InChI is InChI=1S/C32H43NO2/c1-4-6-7-8-9-10-25-13-20-31(30(22-25)23-33)35-32(34)29-18-16-28(17-19-29)27-14-11-26(12-15-27)21-24(3)5-2/h13,16-20,22,24,26-27H,4-12,14-15,21H2,1-3H3. The second kappa shape index (κ2) is 14.1. The number of ether oxygens (including phenoxy) is 1. The smallest absolute Gasteiger partial charge is 0.343 e. The summed E-state index contributed by atoms with van der Waals surface area (Å²) in [6, 6.07) is 15.7. The predicted molar refractivity (Wildman–Crippen MR) is 144 cm³/mol. The molecule has 0 radical (unpaired) electrons. The molecular weight excluding hydrogens is 430 g/mol. The fourth-order valence-corrected chi connectivity index (χ4v) is 5.36. The summed E-state index contributed by atoms with van der Waals surface area (Å²) < 4.78 is 5.62. The average molecular weight is 474 g/mol. The van der Waals surface area contributed by atoms with Crippen LogP contribution in [0.5, 0.6) is 5.75 Å². The van der Waals surface area contributed by atoms with Crippen LogP contribution in [0.3, 0.4) is 0 Å². The van der Waals surface area contributed by atoms with Crippen molar-refractivity contribution in [3.8, 4) is 11.8 Å². The Morgan fingerprint density at radius 2 is 1.71 bits per heavy atom. The molecule has 2 aromatic carbocycles. The van der Waals surface area contributed by atoms with E-state index < -0.39 is 5.97 Å². The fourth-order valence-electron chi connectivity index (χ4n) is 5.36. The molecule has 0 amide bonds. The SMILES string of the molecule is CCCCCCCc1ccc(OC(=O)c2ccc(C3CCC(CC(C)CC)CC3)cc2)c(C#N)c1. The molecule has 3 nitrogen and oxygen atoms in total. The maximum atomic E-state index is 12.8. The van der Waals surface area contributed by atoms with Gasteiger partial charge in [-0.15, -0.1) is 0 Å². The van der Waals surface area contributed by atoms with Crippen LogP contribution in [0.15, 0.2) is 42.5 Å². The third-order valence-electron chi connectivity index (χ3n) is 7.83. The van der Waals surface area contributed by atoms with E-state index in [1.165, 1.54) is 69.8 Å². The molecule has 0 heterocycles. The van der Waals surface area contributed by atoms with E-state index in [0.29, 0.717) is 22.8 Å². The molecule has 1 atom stereocenters. The van der Waals surface area contributed by atoms with Crippen LogP contribution in [0, 0.1) is 23.2 Å². The fraction of sp³-hybridized carbons (Fsp3) is 0.562. The van der Waals surface area contributed by atoms with Crippen LogP contribution in [0.4, 0.5) is 0 Å². The molecule has 0 saturated heterocycles. The van der Waals surface area contributed by atoms with Crippen LogP contribution < -0.4 is 4.74 Å². The number of benzene rings is 2. The number of nitriles is 1. The Kier molecular flexibility index (Phi) is 10.9. The lowest BCUT2D eigenvalue weighted by Crippen LogP contribution is -2.16. The maximum Gasteiger partial charge on any atom is 0.343 e. The zero-order chi connectivity index (χ0) is 25.0. The molecule has 0 spiro atoms. The lowest BCUT2D eigenvalue weighted by atomic mass is 9.75. The summed E-state index contributed by atoms with van der Waals surface area (Å²) in [6.07, 6.45) is 14.8. The summed E-state index contributed by atoms with van der Waals surface area (Å²) in [7, 11) is 0. The van der Waals surface area contributed by atoms with Gasteiger partial charge in [-0.1, -0.05) is 71.1 Å². The van der Waals surface area contributed by atoms with Crippen LogP contribution in [0.1, 0.15) is 124 Å². The van der Waals surface area contributed by atoms with Gasteiger partial charge in [0.05, 0.1) is 11.1 Å². The second-order valence-electron chi connectivity index (χ2n) is 10.6. The molecule has 3 heteroatoms. The van der Waals surface area contributed by atoms with Crippen LogP contribution in [-0.2, 0) is 6.42 Å². The van der Waals surface area contributed by atoms with Crippen LogP contribution in [0.2, 0.25) is 0 Å². The van der Waals surface area contributed by atoms with Crippen molar-refractivity contribution in [2.75, 3.05) is 0 Å². The summed E-state index contributed by atoms with van der Waals surface area (Å²) in [4.78, 5) is 12.8. The molecule has 1 aliphatic rings. The van der Waals surface area contributed by atoms with Crippen molar-refractivity contribution >= 4 is 5.97 Å². The molecule has 1 unspecified atom stereocenters. The van der Waals surface area contributed by atoms with Gasteiger partial charge in [0.25, 0.3) is 0 Å². The zero-order valence-electron chi connectivity index (χ0n) is 22.0. The summed E-state index contributed by atoms with van der Waals surface area (Å²) in [5, 5.41) is 9.59. The first-order valence-corrected chi connectivity index (χ1v) is 13.9. The van der Waals surface area contributed by atoms with E-state index in [9.17, 15) is 10.1 Å². The average Bonchev–Trinajstić information content (AvgIpc) is 2.89. The van der Waals surface area contributed by atoms with E-state index in [2.05, 4.69) is 39.0 Å². The molecule has 1 aliphatic carbocycles. The molecular formula is C32H43NO2. The Morgan fingerprint density at radius 3 is 2.37 bits per heavy atom. The number of carbonyl (C=O) groups excluding carboxylic acids is 1. The first-order chi connectivity index (χ1) is 17.0. The Hall–Kier alpha value is -2.60. The Morgan fingerprint density at radius 1 is 1.00 bits per heavy atom. The largest absolute Gasteiger partial charge is 0.422 e. The number of esters is 1. The van der Waals surface area contributed by atoms with Gasteiger partial charge in [-0.2, -0.15) is 5.26 Å². The zero-order valence-corrected chi connectivity index (χ0v) is 22.0. The Bertz CT molecular complexity index is 964. The molecule has 1 fully saturated rings. The van der Waals surface area contributed by atoms with Crippen LogP contribution in [0.25, 0.3) is 0 Å². The minimum absolute atomic E-state index is 0.343. The van der Waals surface area contributed by atoms with Gasteiger partial charge in [0.15, 0.2) is 0 Å². The van der Waals surface area contributed by atoms with Crippen LogP contribution in [-0.4, -0.2) is 5.97 Å². The van der Waals surface area contributed by atoms with Crippen molar-refractivity contribution in [3.05, 3.63) is 64.7 Å². The topological polar surface area (TPSA) is 50.1 Å². The molecule has 2 aromatic rings. The molecule has 35 heavy (non-hydrogen) atoms. The molecule has 3 rings (SSSR count). The molecule has 1 saturated carbocycles. The summed E-state index contributed by atoms with van der Waals surface area (Å²) in [5.74, 6) is 2.23. The highest BCUT2D eigenvalue weighted by Crippen LogP contribution is 2.38. The van der Waals surface area contributed by atoms with Crippen molar-refractivity contribution in [2.24, 2.45) is 11.8 Å². The molecule has 0 aliphatic heterocycles. The first kappa shape index (κ1) is 27.0. The predicted octanol–water partition coefficient (Wildman–Crippen LogP) is 9.00. The molecule has 0 N–H and O–H groups in total. The number of hydrogen-bond donors (Lipinski definition) is 0. The summed E-state index contributed by atoms with van der Waals surface area (Å²) in [6.45, 7) is 6.87. The van der Waals surface area contributed by atoms with Gasteiger partial charge in [0.2, 0.25) is 0 Å². The van der Waals surface area contributed by atoms with E-state index in [-0.39, 0.29) is 0 Å². The third-order valence-corrected chi connectivity index (χ3v) is 7.83. The molecule has 0 bridgehead atoms. The van der Waals surface area contributed by atoms with E-state index in [4.69, 9.17) is 4.74 Å². The number of rotatable bonds is 12. The molecule has 188 valence electrons. The highest BCUT2D eigenvalue weighted by atomic mass is 16.5. The monoisotopic (exact) mass is 473 g/mol.